The van der Waals surface area contributed by atoms with Gasteiger partial charge in [-0.1, -0.05) is 43.3 Å². The van der Waals surface area contributed by atoms with Gasteiger partial charge in [0.1, 0.15) is 11.4 Å². The average Bonchev–Trinajstić information content (AvgIpc) is 2.92. The number of aromatic nitrogens is 2. The topological polar surface area (TPSA) is 129 Å². The Morgan fingerprint density at radius 1 is 1.06 bits per heavy atom. The number of para-hydroxylation sites is 1. The Labute approximate surface area is 208 Å². The van der Waals surface area contributed by atoms with Crippen LogP contribution in [-0.4, -0.2) is 52.0 Å². The van der Waals surface area contributed by atoms with Crippen LogP contribution in [0.15, 0.2) is 58.1 Å². The number of ether oxygens (including phenoxy) is 1. The minimum absolute atomic E-state index is 0.0127. The molecule has 1 fully saturated rings. The molecule has 0 spiro atoms. The summed E-state index contributed by atoms with van der Waals surface area (Å²) >= 11 is 0. The number of H-pyrrole nitrogens is 1. The van der Waals surface area contributed by atoms with E-state index in [4.69, 9.17) is 4.74 Å². The highest BCUT2D eigenvalue weighted by Crippen LogP contribution is 2.32. The van der Waals surface area contributed by atoms with Crippen molar-refractivity contribution in [3.05, 3.63) is 80.4 Å². The molecule has 1 aliphatic heterocycles. The smallest absolute Gasteiger partial charge is 0.291 e. The van der Waals surface area contributed by atoms with Crippen molar-refractivity contribution in [3.63, 3.8) is 0 Å². The highest BCUT2D eigenvalue weighted by Gasteiger charge is 2.24. The van der Waals surface area contributed by atoms with Crippen molar-refractivity contribution in [1.82, 2.24) is 14.7 Å². The van der Waals surface area contributed by atoms with Gasteiger partial charge in [-0.25, -0.2) is 4.68 Å². The molecule has 4 rings (SSSR count). The number of carbonyl (C=O) groups excluding carboxylic acids is 1. The van der Waals surface area contributed by atoms with Gasteiger partial charge < -0.3 is 25.4 Å². The van der Waals surface area contributed by atoms with Crippen LogP contribution in [-0.2, 0) is 11.3 Å². The molecule has 0 aliphatic carbocycles. The van der Waals surface area contributed by atoms with Crippen LogP contribution < -0.4 is 21.8 Å². The van der Waals surface area contributed by atoms with Crippen molar-refractivity contribution < 1.29 is 14.6 Å². The maximum atomic E-state index is 13.3. The predicted octanol–water partition coefficient (Wildman–Crippen LogP) is 3.04. The molecule has 1 aromatic heterocycles. The summed E-state index contributed by atoms with van der Waals surface area (Å²) in [6.07, 6.45) is 0.661. The lowest BCUT2D eigenvalue weighted by molar-refractivity contribution is 0.0301. The van der Waals surface area contributed by atoms with Gasteiger partial charge in [0.05, 0.1) is 30.5 Å². The van der Waals surface area contributed by atoms with Crippen molar-refractivity contribution >= 4 is 23.0 Å². The quantitative estimate of drug-likeness (QED) is 0.355. The number of carbonyl (C=O) groups is 1. The van der Waals surface area contributed by atoms with Crippen molar-refractivity contribution in [2.45, 2.75) is 32.9 Å². The van der Waals surface area contributed by atoms with Gasteiger partial charge in [-0.2, -0.15) is 0 Å². The van der Waals surface area contributed by atoms with E-state index in [1.807, 2.05) is 37.3 Å². The van der Waals surface area contributed by atoms with Crippen LogP contribution in [0.3, 0.4) is 0 Å². The van der Waals surface area contributed by atoms with Crippen LogP contribution in [0, 0.1) is 0 Å². The number of hydrogen-bond donors (Lipinski definition) is 4. The molecule has 0 unspecified atom stereocenters. The molecule has 1 atom stereocenters. The molecule has 0 bridgehead atoms. The Kier molecular flexibility index (Phi) is 7.74. The van der Waals surface area contributed by atoms with Crippen LogP contribution in [0.25, 0.3) is 0 Å². The zero-order valence-corrected chi connectivity index (χ0v) is 20.4. The highest BCUT2D eigenvalue weighted by atomic mass is 16.5. The molecule has 4 N–H and O–H groups in total. The van der Waals surface area contributed by atoms with Gasteiger partial charge in [0.25, 0.3) is 17.0 Å². The fourth-order valence-corrected chi connectivity index (χ4v) is 4.23. The van der Waals surface area contributed by atoms with E-state index in [0.717, 1.165) is 5.56 Å². The number of aromatic hydroxyl groups is 1. The summed E-state index contributed by atoms with van der Waals surface area (Å²) in [5.41, 5.74) is 0.320. The molecular formula is C26H31N5O5. The van der Waals surface area contributed by atoms with Gasteiger partial charge in [0.2, 0.25) is 0 Å². The Bertz CT molecular complexity index is 1330. The summed E-state index contributed by atoms with van der Waals surface area (Å²) in [4.78, 5) is 41.0. The first-order valence-corrected chi connectivity index (χ1v) is 12.1. The number of phenolic OH excluding ortho intramolecular Hbond substituents is 1. The first-order chi connectivity index (χ1) is 17.4. The number of benzene rings is 2. The second-order valence-electron chi connectivity index (χ2n) is 8.49. The van der Waals surface area contributed by atoms with Gasteiger partial charge >= 0.3 is 0 Å². The van der Waals surface area contributed by atoms with E-state index in [1.165, 1.54) is 10.7 Å². The third-order valence-electron chi connectivity index (χ3n) is 6.24. The number of hydrogen-bond acceptors (Lipinski definition) is 7. The fraction of sp³-hybridized carbons (Fsp3) is 0.346. The lowest BCUT2D eigenvalue weighted by Gasteiger charge is -2.27. The number of amides is 1. The van der Waals surface area contributed by atoms with E-state index in [9.17, 15) is 19.5 Å². The molecule has 3 aromatic rings. The van der Waals surface area contributed by atoms with Gasteiger partial charge in [-0.15, -0.1) is 0 Å². The van der Waals surface area contributed by atoms with Gasteiger partial charge in [-0.05, 0) is 31.0 Å². The predicted molar refractivity (Wildman–Crippen MR) is 138 cm³/mol. The van der Waals surface area contributed by atoms with Gasteiger partial charge in [0, 0.05) is 19.6 Å². The van der Waals surface area contributed by atoms with Crippen molar-refractivity contribution in [3.8, 4) is 5.75 Å². The summed E-state index contributed by atoms with van der Waals surface area (Å²) in [5, 5.41) is 19.7. The number of nitrogens with zero attached hydrogens (tertiary/aromatic N) is 2. The van der Waals surface area contributed by atoms with E-state index in [1.54, 1.807) is 24.0 Å². The van der Waals surface area contributed by atoms with Crippen molar-refractivity contribution in [2.75, 3.05) is 36.9 Å². The molecule has 36 heavy (non-hydrogen) atoms. The molecule has 2 heterocycles. The molecule has 2 aromatic carbocycles. The molecule has 1 aliphatic rings. The standard InChI is InChI=1S/C26H31N5O5/c1-3-19(17-9-6-5-7-10-17)27-21-22(26(35)31(4-2)29-24(21)33)28-20-12-8-11-18(23(20)32)25(34)30-13-15-36-16-14-30/h5-12,19,27-28,32H,3-4,13-16H2,1-2H3,(H,29,33)/t19-/m1/s1. The number of morpholine rings is 1. The first-order valence-electron chi connectivity index (χ1n) is 12.1. The number of aryl methyl sites for hydroxylation is 1. The van der Waals surface area contributed by atoms with Crippen LogP contribution in [0.4, 0.5) is 17.1 Å². The molecule has 1 amide bonds. The normalized spacial score (nSPS) is 14.3. The molecule has 0 saturated carbocycles. The number of rotatable bonds is 8. The Morgan fingerprint density at radius 2 is 1.78 bits per heavy atom. The van der Waals surface area contributed by atoms with Crippen LogP contribution in [0.5, 0.6) is 5.75 Å². The lowest BCUT2D eigenvalue weighted by atomic mass is 10.0. The second kappa shape index (κ2) is 11.1. The fourth-order valence-electron chi connectivity index (χ4n) is 4.23. The maximum absolute atomic E-state index is 13.3. The molecule has 1 saturated heterocycles. The third-order valence-corrected chi connectivity index (χ3v) is 6.24. The summed E-state index contributed by atoms with van der Waals surface area (Å²) in [5.74, 6) is -0.623. The third kappa shape index (κ3) is 5.13. The SMILES string of the molecule is CC[C@@H](Nc1c(Nc2cccc(C(=O)N3CCOCC3)c2O)c(=O)n(CC)[nH]c1=O)c1ccccc1. The van der Waals surface area contributed by atoms with E-state index in [-0.39, 0.29) is 46.9 Å². The number of anilines is 3. The minimum atomic E-state index is -0.478. The largest absolute Gasteiger partial charge is 0.505 e. The van der Waals surface area contributed by atoms with Crippen LogP contribution in [0.2, 0.25) is 0 Å². The van der Waals surface area contributed by atoms with Gasteiger partial charge in [0.15, 0.2) is 5.75 Å². The molecule has 0 radical (unpaired) electrons. The molecule has 190 valence electrons. The average molecular weight is 494 g/mol. The number of nitrogens with one attached hydrogen (secondary N) is 3. The minimum Gasteiger partial charge on any atom is -0.505 e. The van der Waals surface area contributed by atoms with Crippen LogP contribution in [0.1, 0.15) is 42.2 Å². The van der Waals surface area contributed by atoms with Gasteiger partial charge in [-0.3, -0.25) is 19.5 Å². The summed E-state index contributed by atoms with van der Waals surface area (Å²) < 4.78 is 6.50. The first kappa shape index (κ1) is 25.1. The van der Waals surface area contributed by atoms with Crippen molar-refractivity contribution in [2.24, 2.45) is 0 Å². The number of aromatic amines is 1. The summed E-state index contributed by atoms with van der Waals surface area (Å²) in [6, 6.07) is 14.1. The Morgan fingerprint density at radius 3 is 2.44 bits per heavy atom. The van der Waals surface area contributed by atoms with Crippen molar-refractivity contribution in [1.29, 1.82) is 0 Å². The highest BCUT2D eigenvalue weighted by molar-refractivity contribution is 5.99. The molecule has 10 nitrogen and oxygen atoms in total. The molecular weight excluding hydrogens is 462 g/mol. The summed E-state index contributed by atoms with van der Waals surface area (Å²) in [6.45, 7) is 5.69. The number of phenols is 1. The van der Waals surface area contributed by atoms with E-state index in [0.29, 0.717) is 32.7 Å². The summed E-state index contributed by atoms with van der Waals surface area (Å²) in [7, 11) is 0. The monoisotopic (exact) mass is 493 g/mol. The Balaban J connectivity index is 1.73. The zero-order valence-electron chi connectivity index (χ0n) is 20.4. The second-order valence-corrected chi connectivity index (χ2v) is 8.49. The van der Waals surface area contributed by atoms with Crippen LogP contribution >= 0.6 is 0 Å². The Hall–Kier alpha value is -4.05. The van der Waals surface area contributed by atoms with E-state index in [2.05, 4.69) is 15.7 Å². The van der Waals surface area contributed by atoms with E-state index >= 15 is 0 Å². The van der Waals surface area contributed by atoms with E-state index < -0.39 is 11.1 Å². The molecule has 10 heteroatoms. The maximum Gasteiger partial charge on any atom is 0.291 e. The lowest BCUT2D eigenvalue weighted by Crippen LogP contribution is -2.40. The zero-order chi connectivity index (χ0) is 25.7.